The first-order chi connectivity index (χ1) is 12.1. The Kier molecular flexibility index (Phi) is 8.71. The molecule has 1 aliphatic heterocycles. The van der Waals surface area contributed by atoms with E-state index in [4.69, 9.17) is 0 Å². The Bertz CT molecular complexity index is 752. The topological polar surface area (TPSA) is 86.7 Å². The van der Waals surface area contributed by atoms with Crippen molar-refractivity contribution in [3.63, 3.8) is 0 Å². The third-order valence-corrected chi connectivity index (χ3v) is 7.00. The number of hydrogen-bond acceptors (Lipinski definition) is 5. The summed E-state index contributed by atoms with van der Waals surface area (Å²) in [4.78, 5) is 10.1. The molecule has 0 amide bonds. The van der Waals surface area contributed by atoms with Crippen LogP contribution >= 0.6 is 24.0 Å². The standard InChI is InChI=1S/C17H28FN5O2S.HI/c1-17(2,3)26(24,25)11-9-21-16(19-4)22-13-7-10-23(12-13)15-14(18)6-5-8-20-15;/h5-6,8,13H,7,9-12H2,1-4H3,(H2,19,21,22);1H. The quantitative estimate of drug-likeness (QED) is 0.355. The van der Waals surface area contributed by atoms with Crippen LogP contribution in [-0.4, -0.2) is 62.6 Å². The zero-order valence-electron chi connectivity index (χ0n) is 16.2. The molecule has 2 rings (SSSR count). The summed E-state index contributed by atoms with van der Waals surface area (Å²) in [6.07, 6.45) is 2.40. The Morgan fingerprint density at radius 1 is 1.44 bits per heavy atom. The molecule has 154 valence electrons. The van der Waals surface area contributed by atoms with E-state index in [1.54, 1.807) is 40.1 Å². The van der Waals surface area contributed by atoms with Crippen molar-refractivity contribution in [2.45, 2.75) is 38.0 Å². The number of nitrogens with zero attached hydrogens (tertiary/aromatic N) is 3. The number of aliphatic imine (C=N–C) groups is 1. The number of aromatic nitrogens is 1. The highest BCUT2D eigenvalue weighted by molar-refractivity contribution is 14.0. The minimum Gasteiger partial charge on any atom is -0.355 e. The molecule has 1 aliphatic rings. The lowest BCUT2D eigenvalue weighted by atomic mass is 10.3. The van der Waals surface area contributed by atoms with E-state index in [0.717, 1.165) is 6.42 Å². The van der Waals surface area contributed by atoms with Gasteiger partial charge in [0.15, 0.2) is 27.4 Å². The van der Waals surface area contributed by atoms with Crippen molar-refractivity contribution in [1.82, 2.24) is 15.6 Å². The Labute approximate surface area is 178 Å². The zero-order chi connectivity index (χ0) is 19.4. The molecule has 1 aromatic heterocycles. The van der Waals surface area contributed by atoms with E-state index in [9.17, 15) is 12.8 Å². The second-order valence-electron chi connectivity index (χ2n) is 7.32. The Balaban J connectivity index is 0.00000364. The molecule has 10 heteroatoms. The summed E-state index contributed by atoms with van der Waals surface area (Å²) < 4.78 is 37.4. The van der Waals surface area contributed by atoms with Crippen molar-refractivity contribution >= 4 is 45.6 Å². The molecule has 1 saturated heterocycles. The number of anilines is 1. The van der Waals surface area contributed by atoms with Crippen molar-refractivity contribution < 1.29 is 12.8 Å². The van der Waals surface area contributed by atoms with Gasteiger partial charge in [-0.05, 0) is 39.3 Å². The van der Waals surface area contributed by atoms with Gasteiger partial charge >= 0.3 is 0 Å². The van der Waals surface area contributed by atoms with Crippen LogP contribution < -0.4 is 15.5 Å². The normalized spacial score (nSPS) is 18.2. The lowest BCUT2D eigenvalue weighted by molar-refractivity contribution is 0.558. The molecule has 0 bridgehead atoms. The predicted octanol–water partition coefficient (Wildman–Crippen LogP) is 1.80. The number of guanidine groups is 1. The highest BCUT2D eigenvalue weighted by atomic mass is 127. The summed E-state index contributed by atoms with van der Waals surface area (Å²) in [5.74, 6) is 0.606. The molecule has 7 nitrogen and oxygen atoms in total. The zero-order valence-corrected chi connectivity index (χ0v) is 19.3. The maximum absolute atomic E-state index is 13.9. The van der Waals surface area contributed by atoms with Crippen molar-refractivity contribution in [3.05, 3.63) is 24.1 Å². The van der Waals surface area contributed by atoms with E-state index in [2.05, 4.69) is 20.6 Å². The van der Waals surface area contributed by atoms with Crippen LogP contribution in [-0.2, 0) is 9.84 Å². The maximum Gasteiger partial charge on any atom is 0.191 e. The molecule has 1 fully saturated rings. The minimum atomic E-state index is -3.18. The van der Waals surface area contributed by atoms with Crippen LogP contribution in [0.5, 0.6) is 0 Å². The van der Waals surface area contributed by atoms with Gasteiger partial charge in [-0.1, -0.05) is 0 Å². The first-order valence-corrected chi connectivity index (χ1v) is 10.3. The van der Waals surface area contributed by atoms with E-state index in [0.29, 0.717) is 24.9 Å². The fourth-order valence-corrected chi connectivity index (χ4v) is 3.66. The summed E-state index contributed by atoms with van der Waals surface area (Å²) in [7, 11) is -1.54. The molecular weight excluding hydrogens is 484 g/mol. The van der Waals surface area contributed by atoms with Crippen molar-refractivity contribution in [2.24, 2.45) is 4.99 Å². The van der Waals surface area contributed by atoms with Crippen LogP contribution in [0.3, 0.4) is 0 Å². The average molecular weight is 513 g/mol. The molecule has 2 heterocycles. The number of sulfone groups is 1. The van der Waals surface area contributed by atoms with Crippen molar-refractivity contribution in [3.8, 4) is 0 Å². The molecule has 0 saturated carbocycles. The third kappa shape index (κ3) is 6.44. The predicted molar refractivity (Wildman–Crippen MR) is 118 cm³/mol. The summed E-state index contributed by atoms with van der Waals surface area (Å²) in [6, 6.07) is 3.06. The van der Waals surface area contributed by atoms with E-state index >= 15 is 0 Å². The van der Waals surface area contributed by atoms with Crippen LogP contribution in [0.25, 0.3) is 0 Å². The third-order valence-electron chi connectivity index (χ3n) is 4.39. The lowest BCUT2D eigenvalue weighted by Crippen LogP contribution is -2.46. The van der Waals surface area contributed by atoms with Gasteiger partial charge in [0, 0.05) is 38.9 Å². The molecule has 0 aliphatic carbocycles. The van der Waals surface area contributed by atoms with Gasteiger partial charge in [0.25, 0.3) is 0 Å². The number of hydrogen-bond donors (Lipinski definition) is 2. The van der Waals surface area contributed by atoms with Gasteiger partial charge in [0.05, 0.1) is 10.5 Å². The summed E-state index contributed by atoms with van der Waals surface area (Å²) in [5, 5.41) is 6.30. The first-order valence-electron chi connectivity index (χ1n) is 8.69. The second-order valence-corrected chi connectivity index (χ2v) is 10.2. The van der Waals surface area contributed by atoms with E-state index in [1.165, 1.54) is 6.07 Å². The van der Waals surface area contributed by atoms with Gasteiger partial charge < -0.3 is 15.5 Å². The van der Waals surface area contributed by atoms with Crippen molar-refractivity contribution in [2.75, 3.05) is 37.3 Å². The molecule has 1 unspecified atom stereocenters. The molecule has 2 N–H and O–H groups in total. The number of halogens is 2. The van der Waals surface area contributed by atoms with Gasteiger partial charge in [-0.25, -0.2) is 17.8 Å². The van der Waals surface area contributed by atoms with E-state index < -0.39 is 14.6 Å². The minimum absolute atomic E-state index is 0. The van der Waals surface area contributed by atoms with Gasteiger partial charge in [-0.15, -0.1) is 24.0 Å². The number of pyridine rings is 1. The molecular formula is C17H29FIN5O2S. The van der Waals surface area contributed by atoms with E-state index in [-0.39, 0.29) is 48.1 Å². The van der Waals surface area contributed by atoms with Gasteiger partial charge in [0.1, 0.15) is 0 Å². The molecule has 0 spiro atoms. The van der Waals surface area contributed by atoms with Crippen LogP contribution in [0, 0.1) is 5.82 Å². The summed E-state index contributed by atoms with van der Waals surface area (Å²) >= 11 is 0. The van der Waals surface area contributed by atoms with Gasteiger partial charge in [0.2, 0.25) is 0 Å². The van der Waals surface area contributed by atoms with Crippen molar-refractivity contribution in [1.29, 1.82) is 0 Å². The average Bonchev–Trinajstić information content (AvgIpc) is 3.01. The monoisotopic (exact) mass is 513 g/mol. The summed E-state index contributed by atoms with van der Waals surface area (Å²) in [6.45, 7) is 6.66. The SMILES string of the molecule is CN=C(NCCS(=O)(=O)C(C)(C)C)NC1CCN(c2ncccc2F)C1.I. The van der Waals surface area contributed by atoms with Gasteiger partial charge in [-0.2, -0.15) is 0 Å². The summed E-state index contributed by atoms with van der Waals surface area (Å²) in [5.41, 5.74) is 0. The van der Waals surface area contributed by atoms with Crippen LogP contribution in [0.15, 0.2) is 23.3 Å². The molecule has 0 radical (unpaired) electrons. The molecule has 1 aromatic rings. The largest absolute Gasteiger partial charge is 0.355 e. The second kappa shape index (κ2) is 9.85. The highest BCUT2D eigenvalue weighted by Gasteiger charge is 2.29. The Hall–Kier alpha value is -1.17. The molecule has 27 heavy (non-hydrogen) atoms. The van der Waals surface area contributed by atoms with Gasteiger partial charge in [-0.3, -0.25) is 4.99 Å². The first kappa shape index (κ1) is 23.9. The van der Waals surface area contributed by atoms with E-state index in [1.807, 2.05) is 4.90 Å². The Morgan fingerprint density at radius 2 is 2.15 bits per heavy atom. The lowest BCUT2D eigenvalue weighted by Gasteiger charge is -2.21. The fourth-order valence-electron chi connectivity index (χ4n) is 2.68. The molecule has 1 atom stereocenters. The van der Waals surface area contributed by atoms with Crippen LogP contribution in [0.1, 0.15) is 27.2 Å². The fraction of sp³-hybridized carbons (Fsp3) is 0.647. The number of nitrogens with one attached hydrogen (secondary N) is 2. The Morgan fingerprint density at radius 3 is 2.74 bits per heavy atom. The molecule has 0 aromatic carbocycles. The maximum atomic E-state index is 13.9. The number of rotatable bonds is 5. The van der Waals surface area contributed by atoms with Crippen LogP contribution in [0.4, 0.5) is 10.2 Å². The highest BCUT2D eigenvalue weighted by Crippen LogP contribution is 2.20. The van der Waals surface area contributed by atoms with Crippen LogP contribution in [0.2, 0.25) is 0 Å². The smallest absolute Gasteiger partial charge is 0.191 e.